The smallest absolute Gasteiger partial charge is 0.140 e. The lowest BCUT2D eigenvalue weighted by Crippen LogP contribution is -2.14. The van der Waals surface area contributed by atoms with Gasteiger partial charge in [0.2, 0.25) is 0 Å². The summed E-state index contributed by atoms with van der Waals surface area (Å²) in [6, 6.07) is 0. The molecule has 62 valence electrons. The van der Waals surface area contributed by atoms with Gasteiger partial charge in [-0.1, -0.05) is 0 Å². The van der Waals surface area contributed by atoms with Crippen molar-refractivity contribution in [3.8, 4) is 0 Å². The van der Waals surface area contributed by atoms with E-state index in [0.717, 1.165) is 0 Å². The van der Waals surface area contributed by atoms with Gasteiger partial charge >= 0.3 is 0 Å². The summed E-state index contributed by atoms with van der Waals surface area (Å²) in [5, 5.41) is 3.81. The number of hydrogen-bond acceptors (Lipinski definition) is 3. The van der Waals surface area contributed by atoms with Crippen LogP contribution in [0.2, 0.25) is 0 Å². The van der Waals surface area contributed by atoms with Crippen LogP contribution in [0, 0.1) is 0 Å². The Morgan fingerprint density at radius 3 is 3.09 bits per heavy atom. The molecule has 0 aliphatic carbocycles. The van der Waals surface area contributed by atoms with E-state index in [9.17, 15) is 4.39 Å². The van der Waals surface area contributed by atoms with Gasteiger partial charge in [0.15, 0.2) is 0 Å². The largest absolute Gasteiger partial charge is 0.324 e. The maximum atomic E-state index is 12.5. The molecule has 0 bridgehead atoms. The lowest BCUT2D eigenvalue weighted by molar-refractivity contribution is 0.305. The van der Waals surface area contributed by atoms with Crippen molar-refractivity contribution in [3.63, 3.8) is 0 Å². The molecule has 1 unspecified atom stereocenters. The third kappa shape index (κ3) is 1.98. The third-order valence-corrected chi connectivity index (χ3v) is 1.30. The van der Waals surface area contributed by atoms with Gasteiger partial charge < -0.3 is 5.73 Å². The van der Waals surface area contributed by atoms with Crippen LogP contribution in [0.25, 0.3) is 0 Å². The molecule has 0 spiro atoms. The van der Waals surface area contributed by atoms with Crippen LogP contribution in [0.3, 0.4) is 0 Å². The van der Waals surface area contributed by atoms with E-state index in [1.165, 1.54) is 17.9 Å². The van der Waals surface area contributed by atoms with Crippen LogP contribution >= 0.6 is 0 Å². The molecule has 1 heterocycles. The number of alkyl halides is 1. The average molecular weight is 158 g/mol. The van der Waals surface area contributed by atoms with Gasteiger partial charge in [-0.2, -0.15) is 5.10 Å². The molecule has 1 rings (SSSR count). The van der Waals surface area contributed by atoms with Crippen LogP contribution in [0.5, 0.6) is 0 Å². The Hall–Kier alpha value is -0.970. The first-order valence-corrected chi connectivity index (χ1v) is 3.45. The molecule has 1 atom stereocenters. The Kier molecular flexibility index (Phi) is 2.53. The summed E-state index contributed by atoms with van der Waals surface area (Å²) in [5.41, 5.74) is 5.33. The number of nitrogens with two attached hydrogens (primary N) is 1. The molecule has 0 aromatic carbocycles. The molecule has 0 amide bonds. The van der Waals surface area contributed by atoms with Gasteiger partial charge in [0.25, 0.3) is 0 Å². The maximum absolute atomic E-state index is 12.5. The first-order chi connectivity index (χ1) is 5.24. The molecular weight excluding hydrogens is 147 g/mol. The fraction of sp³-hybridized carbons (Fsp3) is 0.667. The van der Waals surface area contributed by atoms with Gasteiger partial charge in [0, 0.05) is 0 Å². The van der Waals surface area contributed by atoms with E-state index in [0.29, 0.717) is 12.4 Å². The maximum Gasteiger partial charge on any atom is 0.140 e. The zero-order valence-corrected chi connectivity index (χ0v) is 6.37. The molecule has 2 N–H and O–H groups in total. The van der Waals surface area contributed by atoms with Crippen LogP contribution in [0.1, 0.15) is 12.7 Å². The number of hydrogen-bond donors (Lipinski definition) is 1. The van der Waals surface area contributed by atoms with Crippen LogP contribution in [-0.4, -0.2) is 20.9 Å². The fourth-order valence-electron chi connectivity index (χ4n) is 0.837. The topological polar surface area (TPSA) is 56.7 Å². The minimum absolute atomic E-state index is 0.229. The zero-order valence-electron chi connectivity index (χ0n) is 6.37. The molecule has 1 aromatic rings. The van der Waals surface area contributed by atoms with Gasteiger partial charge in [-0.15, -0.1) is 0 Å². The van der Waals surface area contributed by atoms with Crippen molar-refractivity contribution < 1.29 is 4.39 Å². The standard InChI is InChI=1S/C6H11FN4/c1-5(7)3-11-6(2-8)9-4-10-11/h4-5H,2-3,8H2,1H3. The Bertz CT molecular complexity index is 220. The molecule has 0 fully saturated rings. The second-order valence-electron chi connectivity index (χ2n) is 2.34. The minimum atomic E-state index is -0.915. The Balaban J connectivity index is 2.68. The summed E-state index contributed by atoms with van der Waals surface area (Å²) in [6.45, 7) is 2.00. The van der Waals surface area contributed by atoms with Gasteiger partial charge in [-0.25, -0.2) is 14.1 Å². The van der Waals surface area contributed by atoms with Gasteiger partial charge in [-0.3, -0.25) is 0 Å². The van der Waals surface area contributed by atoms with E-state index in [-0.39, 0.29) is 6.54 Å². The van der Waals surface area contributed by atoms with Crippen molar-refractivity contribution in [2.45, 2.75) is 26.2 Å². The second kappa shape index (κ2) is 3.43. The molecule has 0 aliphatic heterocycles. The van der Waals surface area contributed by atoms with Crippen LogP contribution in [0.15, 0.2) is 6.33 Å². The van der Waals surface area contributed by atoms with E-state index < -0.39 is 6.17 Å². The van der Waals surface area contributed by atoms with E-state index in [2.05, 4.69) is 10.1 Å². The number of aromatic nitrogens is 3. The van der Waals surface area contributed by atoms with Gasteiger partial charge in [-0.05, 0) is 6.92 Å². The van der Waals surface area contributed by atoms with Crippen LogP contribution < -0.4 is 5.73 Å². The quantitative estimate of drug-likeness (QED) is 0.678. The lowest BCUT2D eigenvalue weighted by atomic mass is 10.4. The molecule has 0 saturated carbocycles. The summed E-state index contributed by atoms with van der Waals surface area (Å²) in [5.74, 6) is 0.620. The third-order valence-electron chi connectivity index (χ3n) is 1.30. The van der Waals surface area contributed by atoms with Crippen molar-refractivity contribution in [2.24, 2.45) is 5.73 Å². The predicted octanol–water partition coefficient (Wildman–Crippen LogP) is 0.0948. The lowest BCUT2D eigenvalue weighted by Gasteiger charge is -2.03. The summed E-state index contributed by atoms with van der Waals surface area (Å²) in [7, 11) is 0. The summed E-state index contributed by atoms with van der Waals surface area (Å²) >= 11 is 0. The molecule has 4 nitrogen and oxygen atoms in total. The van der Waals surface area contributed by atoms with Crippen molar-refractivity contribution in [1.29, 1.82) is 0 Å². The second-order valence-corrected chi connectivity index (χ2v) is 2.34. The molecule has 0 saturated heterocycles. The normalized spacial score (nSPS) is 13.4. The Morgan fingerprint density at radius 2 is 2.55 bits per heavy atom. The first-order valence-electron chi connectivity index (χ1n) is 3.45. The fourth-order valence-corrected chi connectivity index (χ4v) is 0.837. The first kappa shape index (κ1) is 8.13. The highest BCUT2D eigenvalue weighted by atomic mass is 19.1. The molecule has 0 radical (unpaired) electrons. The van der Waals surface area contributed by atoms with Crippen LogP contribution in [0.4, 0.5) is 4.39 Å². The highest BCUT2D eigenvalue weighted by molar-refractivity contribution is 4.82. The van der Waals surface area contributed by atoms with Crippen molar-refractivity contribution in [1.82, 2.24) is 14.8 Å². The molecule has 11 heavy (non-hydrogen) atoms. The highest BCUT2D eigenvalue weighted by Gasteiger charge is 2.04. The zero-order chi connectivity index (χ0) is 8.27. The molecule has 1 aromatic heterocycles. The summed E-state index contributed by atoms with van der Waals surface area (Å²) in [4.78, 5) is 3.85. The summed E-state index contributed by atoms with van der Waals surface area (Å²) in [6.07, 6.45) is 0.465. The molecule has 0 aliphatic rings. The van der Waals surface area contributed by atoms with Crippen molar-refractivity contribution >= 4 is 0 Å². The van der Waals surface area contributed by atoms with E-state index in [4.69, 9.17) is 5.73 Å². The SMILES string of the molecule is CC(F)Cn1ncnc1CN. The van der Waals surface area contributed by atoms with Gasteiger partial charge in [0.1, 0.15) is 18.3 Å². The Morgan fingerprint density at radius 1 is 1.82 bits per heavy atom. The molecular formula is C6H11FN4. The minimum Gasteiger partial charge on any atom is -0.324 e. The predicted molar refractivity (Wildman–Crippen MR) is 38.5 cm³/mol. The van der Waals surface area contributed by atoms with E-state index >= 15 is 0 Å². The Labute approximate surface area is 64.2 Å². The van der Waals surface area contributed by atoms with E-state index in [1.807, 2.05) is 0 Å². The van der Waals surface area contributed by atoms with Crippen LogP contribution in [-0.2, 0) is 13.1 Å². The number of halogens is 1. The number of nitrogens with zero attached hydrogens (tertiary/aromatic N) is 3. The monoisotopic (exact) mass is 158 g/mol. The summed E-state index contributed by atoms with van der Waals surface area (Å²) < 4.78 is 13.9. The average Bonchev–Trinajstić information content (AvgIpc) is 2.34. The van der Waals surface area contributed by atoms with E-state index in [1.54, 1.807) is 0 Å². The molecule has 5 heteroatoms. The highest BCUT2D eigenvalue weighted by Crippen LogP contribution is 1.97. The number of rotatable bonds is 3. The van der Waals surface area contributed by atoms with Crippen molar-refractivity contribution in [3.05, 3.63) is 12.2 Å². The van der Waals surface area contributed by atoms with Gasteiger partial charge in [0.05, 0.1) is 13.1 Å². The van der Waals surface area contributed by atoms with Crippen molar-refractivity contribution in [2.75, 3.05) is 0 Å².